The van der Waals surface area contributed by atoms with Crippen molar-refractivity contribution in [2.45, 2.75) is 32.3 Å². The van der Waals surface area contributed by atoms with Crippen molar-refractivity contribution in [3.8, 4) is 0 Å². The predicted octanol–water partition coefficient (Wildman–Crippen LogP) is 1.09. The molecule has 1 aliphatic heterocycles. The molecule has 0 amide bonds. The number of rotatable bonds is 4. The fourth-order valence-corrected chi connectivity index (χ4v) is 2.22. The van der Waals surface area contributed by atoms with E-state index in [4.69, 9.17) is 4.74 Å². The zero-order chi connectivity index (χ0) is 13.9. The quantitative estimate of drug-likeness (QED) is 0.757. The number of aromatic nitrogens is 2. The molecule has 6 heteroatoms. The van der Waals surface area contributed by atoms with Crippen LogP contribution in [0.5, 0.6) is 0 Å². The SMILES string of the molecule is CNc1nc(C)nc(NCC2(O)CCOCC2)c1C. The molecule has 0 spiro atoms. The summed E-state index contributed by atoms with van der Waals surface area (Å²) in [5.74, 6) is 2.29. The standard InChI is InChI=1S/C13H22N4O2/c1-9-11(14-3)16-10(2)17-12(9)15-8-13(18)4-6-19-7-5-13/h18H,4-8H2,1-3H3,(H2,14,15,16,17). The first kappa shape index (κ1) is 14.0. The van der Waals surface area contributed by atoms with E-state index in [-0.39, 0.29) is 0 Å². The molecule has 0 atom stereocenters. The maximum absolute atomic E-state index is 10.4. The smallest absolute Gasteiger partial charge is 0.134 e. The van der Waals surface area contributed by atoms with Gasteiger partial charge in [0, 0.05) is 45.2 Å². The van der Waals surface area contributed by atoms with Gasteiger partial charge in [0.15, 0.2) is 0 Å². The van der Waals surface area contributed by atoms with Gasteiger partial charge in [-0.2, -0.15) is 0 Å². The first-order valence-corrected chi connectivity index (χ1v) is 6.61. The van der Waals surface area contributed by atoms with Crippen molar-refractivity contribution < 1.29 is 9.84 Å². The maximum Gasteiger partial charge on any atom is 0.134 e. The van der Waals surface area contributed by atoms with Crippen LogP contribution in [-0.2, 0) is 4.74 Å². The highest BCUT2D eigenvalue weighted by Gasteiger charge is 2.29. The van der Waals surface area contributed by atoms with Crippen LogP contribution in [-0.4, -0.2) is 47.5 Å². The summed E-state index contributed by atoms with van der Waals surface area (Å²) in [5.41, 5.74) is 0.257. The number of ether oxygens (including phenoxy) is 1. The molecule has 0 bridgehead atoms. The third kappa shape index (κ3) is 3.33. The summed E-state index contributed by atoms with van der Waals surface area (Å²) in [5, 5.41) is 16.7. The summed E-state index contributed by atoms with van der Waals surface area (Å²) >= 11 is 0. The Hall–Kier alpha value is -1.40. The molecule has 0 aromatic carbocycles. The van der Waals surface area contributed by atoms with Crippen LogP contribution in [0.15, 0.2) is 0 Å². The van der Waals surface area contributed by atoms with Gasteiger partial charge in [0.25, 0.3) is 0 Å². The van der Waals surface area contributed by atoms with Crippen LogP contribution in [0, 0.1) is 13.8 Å². The normalized spacial score (nSPS) is 18.1. The van der Waals surface area contributed by atoms with Crippen molar-refractivity contribution in [1.82, 2.24) is 9.97 Å². The molecule has 2 rings (SSSR count). The highest BCUT2D eigenvalue weighted by molar-refractivity contribution is 5.57. The molecule has 0 saturated carbocycles. The van der Waals surface area contributed by atoms with Gasteiger partial charge in [-0.05, 0) is 13.8 Å². The lowest BCUT2D eigenvalue weighted by atomic mass is 9.94. The predicted molar refractivity (Wildman–Crippen MR) is 74.5 cm³/mol. The Morgan fingerprint density at radius 3 is 2.47 bits per heavy atom. The zero-order valence-electron chi connectivity index (χ0n) is 11.8. The molecule has 106 valence electrons. The fraction of sp³-hybridized carbons (Fsp3) is 0.692. The number of aliphatic hydroxyl groups is 1. The van der Waals surface area contributed by atoms with E-state index >= 15 is 0 Å². The zero-order valence-corrected chi connectivity index (χ0v) is 11.8. The van der Waals surface area contributed by atoms with E-state index in [1.165, 1.54) is 0 Å². The summed E-state index contributed by atoms with van der Waals surface area (Å²) in [7, 11) is 1.84. The van der Waals surface area contributed by atoms with E-state index in [2.05, 4.69) is 20.6 Å². The third-order valence-corrected chi connectivity index (χ3v) is 3.50. The minimum absolute atomic E-state index is 0.483. The van der Waals surface area contributed by atoms with Gasteiger partial charge in [0.05, 0.1) is 5.60 Å². The summed E-state index contributed by atoms with van der Waals surface area (Å²) in [6.07, 6.45) is 1.31. The van der Waals surface area contributed by atoms with Crippen molar-refractivity contribution >= 4 is 11.6 Å². The van der Waals surface area contributed by atoms with Gasteiger partial charge in [0.2, 0.25) is 0 Å². The van der Waals surface area contributed by atoms with E-state index < -0.39 is 5.60 Å². The Balaban J connectivity index is 2.08. The third-order valence-electron chi connectivity index (χ3n) is 3.50. The molecule has 3 N–H and O–H groups in total. The molecule has 1 aliphatic rings. The largest absolute Gasteiger partial charge is 0.388 e. The molecule has 6 nitrogen and oxygen atoms in total. The maximum atomic E-state index is 10.4. The molecule has 1 fully saturated rings. The van der Waals surface area contributed by atoms with Crippen molar-refractivity contribution in [1.29, 1.82) is 0 Å². The van der Waals surface area contributed by atoms with Crippen LogP contribution < -0.4 is 10.6 Å². The molecule has 19 heavy (non-hydrogen) atoms. The van der Waals surface area contributed by atoms with Crippen LogP contribution in [0.4, 0.5) is 11.6 Å². The van der Waals surface area contributed by atoms with Crippen LogP contribution in [0.25, 0.3) is 0 Å². The number of nitrogens with zero attached hydrogens (tertiary/aromatic N) is 2. The van der Waals surface area contributed by atoms with Crippen LogP contribution in [0.1, 0.15) is 24.2 Å². The summed E-state index contributed by atoms with van der Waals surface area (Å²) in [6, 6.07) is 0. The molecule has 1 aromatic heterocycles. The summed E-state index contributed by atoms with van der Waals surface area (Å²) < 4.78 is 5.27. The van der Waals surface area contributed by atoms with Gasteiger partial charge in [0.1, 0.15) is 17.5 Å². The number of anilines is 2. The lowest BCUT2D eigenvalue weighted by molar-refractivity contribution is -0.0543. The molecule has 1 aromatic rings. The molecular weight excluding hydrogens is 244 g/mol. The fourth-order valence-electron chi connectivity index (χ4n) is 2.22. The number of aryl methyl sites for hydroxylation is 1. The number of hydrogen-bond acceptors (Lipinski definition) is 6. The summed E-state index contributed by atoms with van der Waals surface area (Å²) in [6.45, 7) is 5.52. The van der Waals surface area contributed by atoms with Crippen LogP contribution in [0.2, 0.25) is 0 Å². The second kappa shape index (κ2) is 5.71. The first-order valence-electron chi connectivity index (χ1n) is 6.61. The Kier molecular flexibility index (Phi) is 4.21. The lowest BCUT2D eigenvalue weighted by Crippen LogP contribution is -2.42. The molecular formula is C13H22N4O2. The van der Waals surface area contributed by atoms with Crippen molar-refractivity contribution in [3.05, 3.63) is 11.4 Å². The monoisotopic (exact) mass is 266 g/mol. The Morgan fingerprint density at radius 2 is 1.84 bits per heavy atom. The minimum Gasteiger partial charge on any atom is -0.388 e. The van der Waals surface area contributed by atoms with Gasteiger partial charge in [-0.15, -0.1) is 0 Å². The second-order valence-electron chi connectivity index (χ2n) is 5.03. The van der Waals surface area contributed by atoms with Crippen LogP contribution in [0.3, 0.4) is 0 Å². The summed E-state index contributed by atoms with van der Waals surface area (Å²) in [4.78, 5) is 8.71. The van der Waals surface area contributed by atoms with E-state index in [0.717, 1.165) is 17.2 Å². The Labute approximate surface area is 113 Å². The Bertz CT molecular complexity index is 445. The van der Waals surface area contributed by atoms with Gasteiger partial charge >= 0.3 is 0 Å². The van der Waals surface area contributed by atoms with E-state index in [1.807, 2.05) is 20.9 Å². The van der Waals surface area contributed by atoms with E-state index in [1.54, 1.807) is 0 Å². The molecule has 1 saturated heterocycles. The van der Waals surface area contributed by atoms with E-state index in [0.29, 0.717) is 38.4 Å². The topological polar surface area (TPSA) is 79.3 Å². The number of nitrogens with one attached hydrogen (secondary N) is 2. The molecule has 0 aliphatic carbocycles. The molecule has 0 radical (unpaired) electrons. The van der Waals surface area contributed by atoms with Gasteiger partial charge in [-0.1, -0.05) is 0 Å². The van der Waals surface area contributed by atoms with Crippen molar-refractivity contribution in [2.75, 3.05) is 37.4 Å². The molecule has 2 heterocycles. The number of hydrogen-bond donors (Lipinski definition) is 3. The minimum atomic E-state index is -0.705. The van der Waals surface area contributed by atoms with Gasteiger partial charge in [-0.3, -0.25) is 0 Å². The van der Waals surface area contributed by atoms with Crippen molar-refractivity contribution in [3.63, 3.8) is 0 Å². The Morgan fingerprint density at radius 1 is 1.21 bits per heavy atom. The first-order chi connectivity index (χ1) is 9.04. The second-order valence-corrected chi connectivity index (χ2v) is 5.03. The van der Waals surface area contributed by atoms with Crippen LogP contribution >= 0.6 is 0 Å². The van der Waals surface area contributed by atoms with E-state index in [9.17, 15) is 5.11 Å². The average Bonchev–Trinajstić information content (AvgIpc) is 2.40. The average molecular weight is 266 g/mol. The lowest BCUT2D eigenvalue weighted by Gasteiger charge is -2.32. The highest BCUT2D eigenvalue weighted by Crippen LogP contribution is 2.23. The highest BCUT2D eigenvalue weighted by atomic mass is 16.5. The van der Waals surface area contributed by atoms with Gasteiger partial charge < -0.3 is 20.5 Å². The molecule has 0 unspecified atom stereocenters. The van der Waals surface area contributed by atoms with Gasteiger partial charge in [-0.25, -0.2) is 9.97 Å². The van der Waals surface area contributed by atoms with Crippen molar-refractivity contribution in [2.24, 2.45) is 0 Å².